The van der Waals surface area contributed by atoms with Crippen LogP contribution in [-0.2, 0) is 16.0 Å². The van der Waals surface area contributed by atoms with Gasteiger partial charge in [0.05, 0.1) is 6.54 Å². The highest BCUT2D eigenvalue weighted by Crippen LogP contribution is 2.29. The SMILES string of the molecule is CC(=O)NCC(=O)N1CCc2cc(C(=O)N[C@H]3CCCNC3)ccc21. The summed E-state index contributed by atoms with van der Waals surface area (Å²) in [7, 11) is 0. The Bertz CT molecular complexity index is 683. The maximum Gasteiger partial charge on any atom is 0.251 e. The summed E-state index contributed by atoms with van der Waals surface area (Å²) in [6, 6.07) is 5.62. The van der Waals surface area contributed by atoms with Crippen LogP contribution in [0, 0.1) is 0 Å². The molecule has 0 saturated carbocycles. The fraction of sp³-hybridized carbons (Fsp3) is 0.500. The van der Waals surface area contributed by atoms with E-state index in [-0.39, 0.29) is 30.3 Å². The molecule has 1 aromatic carbocycles. The monoisotopic (exact) mass is 344 g/mol. The topological polar surface area (TPSA) is 90.5 Å². The summed E-state index contributed by atoms with van der Waals surface area (Å²) in [6.45, 7) is 3.77. The Hall–Kier alpha value is -2.41. The molecule has 3 amide bonds. The summed E-state index contributed by atoms with van der Waals surface area (Å²) in [5, 5.41) is 8.87. The Labute approximate surface area is 147 Å². The minimum atomic E-state index is -0.225. The predicted molar refractivity (Wildman–Crippen MR) is 94.5 cm³/mol. The predicted octanol–water partition coefficient (Wildman–Crippen LogP) is 0.194. The highest BCUT2D eigenvalue weighted by molar-refractivity contribution is 6.00. The minimum absolute atomic E-state index is 0.00824. The number of piperidine rings is 1. The van der Waals surface area contributed by atoms with Crippen LogP contribution in [-0.4, -0.2) is 49.9 Å². The summed E-state index contributed by atoms with van der Waals surface area (Å²) in [6.07, 6.45) is 2.78. The lowest BCUT2D eigenvalue weighted by Crippen LogP contribution is -2.45. The van der Waals surface area contributed by atoms with Crippen molar-refractivity contribution in [1.29, 1.82) is 0 Å². The van der Waals surface area contributed by atoms with Crippen molar-refractivity contribution in [3.8, 4) is 0 Å². The second-order valence-electron chi connectivity index (χ2n) is 6.57. The van der Waals surface area contributed by atoms with Gasteiger partial charge in [0.15, 0.2) is 0 Å². The molecular weight excluding hydrogens is 320 g/mol. The standard InChI is InChI=1S/C18H24N4O3/c1-12(23)20-11-17(24)22-8-6-13-9-14(4-5-16(13)22)18(25)21-15-3-2-7-19-10-15/h4-5,9,15,19H,2-3,6-8,10-11H2,1H3,(H,20,23)(H,21,25)/t15-/m0/s1. The second kappa shape index (κ2) is 7.65. The number of anilines is 1. The van der Waals surface area contributed by atoms with E-state index in [1.54, 1.807) is 11.0 Å². The number of rotatable bonds is 4. The lowest BCUT2D eigenvalue weighted by Gasteiger charge is -2.24. The molecule has 0 aromatic heterocycles. The number of nitrogens with one attached hydrogen (secondary N) is 3. The van der Waals surface area contributed by atoms with E-state index in [0.29, 0.717) is 18.5 Å². The molecule has 3 N–H and O–H groups in total. The van der Waals surface area contributed by atoms with Crippen LogP contribution in [0.15, 0.2) is 18.2 Å². The van der Waals surface area contributed by atoms with Crippen molar-refractivity contribution in [3.63, 3.8) is 0 Å². The van der Waals surface area contributed by atoms with Gasteiger partial charge in [-0.05, 0) is 49.6 Å². The number of fused-ring (bicyclic) bond motifs is 1. The van der Waals surface area contributed by atoms with Crippen molar-refractivity contribution in [3.05, 3.63) is 29.3 Å². The van der Waals surface area contributed by atoms with Crippen molar-refractivity contribution in [2.24, 2.45) is 0 Å². The lowest BCUT2D eigenvalue weighted by molar-refractivity contribution is -0.123. The first-order valence-electron chi connectivity index (χ1n) is 8.74. The van der Waals surface area contributed by atoms with E-state index in [2.05, 4.69) is 16.0 Å². The number of carbonyl (C=O) groups excluding carboxylic acids is 3. The smallest absolute Gasteiger partial charge is 0.251 e. The molecule has 0 aliphatic carbocycles. The van der Waals surface area contributed by atoms with Gasteiger partial charge in [-0.15, -0.1) is 0 Å². The van der Waals surface area contributed by atoms with Gasteiger partial charge in [-0.1, -0.05) is 0 Å². The molecule has 1 saturated heterocycles. The van der Waals surface area contributed by atoms with Crippen molar-refractivity contribution in [2.45, 2.75) is 32.2 Å². The molecule has 134 valence electrons. The van der Waals surface area contributed by atoms with E-state index in [0.717, 1.165) is 37.2 Å². The second-order valence-corrected chi connectivity index (χ2v) is 6.57. The van der Waals surface area contributed by atoms with Gasteiger partial charge >= 0.3 is 0 Å². The molecule has 7 nitrogen and oxygen atoms in total. The van der Waals surface area contributed by atoms with Crippen LogP contribution in [0.3, 0.4) is 0 Å². The normalized spacial score (nSPS) is 19.2. The zero-order valence-electron chi connectivity index (χ0n) is 14.4. The third-order valence-corrected chi connectivity index (χ3v) is 4.66. The average Bonchev–Trinajstić information content (AvgIpc) is 3.03. The first-order chi connectivity index (χ1) is 12.0. The van der Waals surface area contributed by atoms with E-state index in [4.69, 9.17) is 0 Å². The Kier molecular flexibility index (Phi) is 5.33. The van der Waals surface area contributed by atoms with Gasteiger partial charge in [-0.25, -0.2) is 0 Å². The zero-order chi connectivity index (χ0) is 17.8. The molecule has 0 unspecified atom stereocenters. The van der Waals surface area contributed by atoms with Crippen molar-refractivity contribution >= 4 is 23.4 Å². The highest BCUT2D eigenvalue weighted by atomic mass is 16.2. The van der Waals surface area contributed by atoms with E-state index < -0.39 is 0 Å². The van der Waals surface area contributed by atoms with Crippen molar-refractivity contribution in [1.82, 2.24) is 16.0 Å². The summed E-state index contributed by atoms with van der Waals surface area (Å²) in [5.41, 5.74) is 2.44. The molecule has 2 aliphatic rings. The van der Waals surface area contributed by atoms with Gasteiger partial charge < -0.3 is 20.9 Å². The van der Waals surface area contributed by atoms with Crippen LogP contribution < -0.4 is 20.9 Å². The average molecular weight is 344 g/mol. The molecule has 0 bridgehead atoms. The Morgan fingerprint density at radius 1 is 1.32 bits per heavy atom. The van der Waals surface area contributed by atoms with Crippen molar-refractivity contribution in [2.75, 3.05) is 31.1 Å². The molecular formula is C18H24N4O3. The molecule has 2 heterocycles. The third-order valence-electron chi connectivity index (χ3n) is 4.66. The molecule has 7 heteroatoms. The molecule has 1 atom stereocenters. The van der Waals surface area contributed by atoms with E-state index in [9.17, 15) is 14.4 Å². The molecule has 1 aromatic rings. The van der Waals surface area contributed by atoms with Gasteiger partial charge in [0.25, 0.3) is 5.91 Å². The van der Waals surface area contributed by atoms with Crippen LogP contribution in [0.1, 0.15) is 35.7 Å². The number of amides is 3. The highest BCUT2D eigenvalue weighted by Gasteiger charge is 2.26. The first-order valence-corrected chi connectivity index (χ1v) is 8.74. The molecule has 0 spiro atoms. The Balaban J connectivity index is 1.65. The van der Waals surface area contributed by atoms with Crippen LogP contribution >= 0.6 is 0 Å². The van der Waals surface area contributed by atoms with E-state index >= 15 is 0 Å². The molecule has 1 fully saturated rings. The number of hydrogen-bond acceptors (Lipinski definition) is 4. The zero-order valence-corrected chi connectivity index (χ0v) is 14.4. The summed E-state index contributed by atoms with van der Waals surface area (Å²) in [4.78, 5) is 37.3. The number of benzene rings is 1. The third kappa shape index (κ3) is 4.17. The first kappa shape index (κ1) is 17.4. The minimum Gasteiger partial charge on any atom is -0.348 e. The van der Waals surface area contributed by atoms with Gasteiger partial charge in [0, 0.05) is 37.3 Å². The molecule has 3 rings (SSSR count). The van der Waals surface area contributed by atoms with E-state index in [1.165, 1.54) is 6.92 Å². The van der Waals surface area contributed by atoms with Crippen LogP contribution in [0.25, 0.3) is 0 Å². The Morgan fingerprint density at radius 3 is 2.88 bits per heavy atom. The molecule has 25 heavy (non-hydrogen) atoms. The van der Waals surface area contributed by atoms with Gasteiger partial charge in [-0.3, -0.25) is 14.4 Å². The Morgan fingerprint density at radius 2 is 2.16 bits per heavy atom. The van der Waals surface area contributed by atoms with Crippen LogP contribution in [0.4, 0.5) is 5.69 Å². The maximum absolute atomic E-state index is 12.4. The van der Waals surface area contributed by atoms with Gasteiger partial charge in [-0.2, -0.15) is 0 Å². The molecule has 2 aliphatic heterocycles. The fourth-order valence-corrected chi connectivity index (χ4v) is 3.34. The lowest BCUT2D eigenvalue weighted by atomic mass is 10.1. The van der Waals surface area contributed by atoms with Gasteiger partial charge in [0.2, 0.25) is 11.8 Å². The maximum atomic E-state index is 12.4. The molecule has 0 radical (unpaired) electrons. The fourth-order valence-electron chi connectivity index (χ4n) is 3.34. The summed E-state index contributed by atoms with van der Waals surface area (Å²) >= 11 is 0. The van der Waals surface area contributed by atoms with Crippen molar-refractivity contribution < 1.29 is 14.4 Å². The largest absolute Gasteiger partial charge is 0.348 e. The van der Waals surface area contributed by atoms with Crippen LogP contribution in [0.5, 0.6) is 0 Å². The summed E-state index contributed by atoms with van der Waals surface area (Å²) in [5.74, 6) is -0.434. The number of nitrogens with zero attached hydrogens (tertiary/aromatic N) is 1. The van der Waals surface area contributed by atoms with Gasteiger partial charge in [0.1, 0.15) is 0 Å². The summed E-state index contributed by atoms with van der Waals surface area (Å²) < 4.78 is 0. The number of hydrogen-bond donors (Lipinski definition) is 3. The van der Waals surface area contributed by atoms with Crippen LogP contribution in [0.2, 0.25) is 0 Å². The van der Waals surface area contributed by atoms with E-state index in [1.807, 2.05) is 12.1 Å². The quantitative estimate of drug-likeness (QED) is 0.727. The number of carbonyl (C=O) groups is 3.